The second-order valence-corrected chi connectivity index (χ2v) is 6.86. The zero-order valence-electron chi connectivity index (χ0n) is 10.4. The van der Waals surface area contributed by atoms with Crippen LogP contribution in [0.25, 0.3) is 0 Å². The van der Waals surface area contributed by atoms with Crippen LogP contribution < -0.4 is 5.32 Å². The summed E-state index contributed by atoms with van der Waals surface area (Å²) in [6.07, 6.45) is 5.34. The number of carbonyl (C=O) groups is 1. The van der Waals surface area contributed by atoms with Gasteiger partial charge in [-0.1, -0.05) is 0 Å². The van der Waals surface area contributed by atoms with E-state index in [4.69, 9.17) is 0 Å². The first-order valence-electron chi connectivity index (χ1n) is 6.93. The van der Waals surface area contributed by atoms with Crippen molar-refractivity contribution in [2.75, 3.05) is 31.1 Å². The predicted octanol–water partition coefficient (Wildman–Crippen LogP) is 1.34. The molecule has 0 bridgehead atoms. The van der Waals surface area contributed by atoms with Gasteiger partial charge in [0, 0.05) is 31.1 Å². The Morgan fingerprint density at radius 3 is 2.29 bits per heavy atom. The van der Waals surface area contributed by atoms with Gasteiger partial charge in [-0.3, -0.25) is 4.79 Å². The van der Waals surface area contributed by atoms with Gasteiger partial charge in [0.25, 0.3) is 0 Å². The monoisotopic (exact) mass is 254 g/mol. The Kier molecular flexibility index (Phi) is 3.61. The fourth-order valence-electron chi connectivity index (χ4n) is 2.42. The molecule has 96 valence electrons. The van der Waals surface area contributed by atoms with Crippen molar-refractivity contribution in [2.24, 2.45) is 11.8 Å². The topological polar surface area (TPSA) is 32.3 Å². The third-order valence-corrected chi connectivity index (χ3v) is 4.94. The molecular formula is C13H22N2OS. The Morgan fingerprint density at radius 1 is 1.18 bits per heavy atom. The molecule has 2 aliphatic carbocycles. The average molecular weight is 254 g/mol. The Morgan fingerprint density at radius 2 is 1.82 bits per heavy atom. The molecule has 1 amide bonds. The third kappa shape index (κ3) is 3.38. The van der Waals surface area contributed by atoms with E-state index < -0.39 is 0 Å². The number of thioether (sulfide) groups is 1. The van der Waals surface area contributed by atoms with E-state index in [0.717, 1.165) is 43.0 Å². The molecule has 2 saturated carbocycles. The minimum atomic E-state index is 0.0891. The van der Waals surface area contributed by atoms with Crippen molar-refractivity contribution in [3.05, 3.63) is 0 Å². The first-order chi connectivity index (χ1) is 8.33. The van der Waals surface area contributed by atoms with E-state index in [2.05, 4.69) is 10.2 Å². The second kappa shape index (κ2) is 5.19. The van der Waals surface area contributed by atoms with Gasteiger partial charge in [-0.15, -0.1) is 0 Å². The number of hydrogen-bond acceptors (Lipinski definition) is 3. The van der Waals surface area contributed by atoms with E-state index in [-0.39, 0.29) is 6.04 Å². The summed E-state index contributed by atoms with van der Waals surface area (Å²) in [4.78, 5) is 14.6. The lowest BCUT2D eigenvalue weighted by atomic mass is 10.2. The number of nitrogens with one attached hydrogen (secondary N) is 1. The van der Waals surface area contributed by atoms with Crippen molar-refractivity contribution in [3.63, 3.8) is 0 Å². The molecule has 1 unspecified atom stereocenters. The van der Waals surface area contributed by atoms with Crippen molar-refractivity contribution in [1.82, 2.24) is 10.2 Å². The highest BCUT2D eigenvalue weighted by molar-refractivity contribution is 7.99. The molecule has 0 spiro atoms. The lowest BCUT2D eigenvalue weighted by Gasteiger charge is -2.30. The molecule has 1 heterocycles. The van der Waals surface area contributed by atoms with Crippen LogP contribution in [-0.4, -0.2) is 48.0 Å². The molecule has 0 radical (unpaired) electrons. The van der Waals surface area contributed by atoms with Gasteiger partial charge in [-0.2, -0.15) is 11.8 Å². The van der Waals surface area contributed by atoms with E-state index in [0.29, 0.717) is 5.91 Å². The van der Waals surface area contributed by atoms with Crippen molar-refractivity contribution in [1.29, 1.82) is 0 Å². The van der Waals surface area contributed by atoms with Gasteiger partial charge in [-0.25, -0.2) is 0 Å². The fraction of sp³-hybridized carbons (Fsp3) is 0.923. The third-order valence-electron chi connectivity index (χ3n) is 3.88. The Balaban J connectivity index is 1.56. The first kappa shape index (κ1) is 11.8. The average Bonchev–Trinajstić information content (AvgIpc) is 3.23. The first-order valence-corrected chi connectivity index (χ1v) is 8.08. The lowest BCUT2D eigenvalue weighted by molar-refractivity contribution is -0.133. The molecule has 3 rings (SSSR count). The van der Waals surface area contributed by atoms with Gasteiger partial charge in [0.15, 0.2) is 0 Å². The van der Waals surface area contributed by atoms with Gasteiger partial charge in [0.2, 0.25) is 5.91 Å². The Labute approximate surface area is 108 Å². The number of hydrogen-bond donors (Lipinski definition) is 1. The molecule has 1 aliphatic heterocycles. The predicted molar refractivity (Wildman–Crippen MR) is 71.1 cm³/mol. The summed E-state index contributed by atoms with van der Waals surface area (Å²) >= 11 is 1.91. The van der Waals surface area contributed by atoms with Gasteiger partial charge < -0.3 is 10.2 Å². The van der Waals surface area contributed by atoms with Crippen LogP contribution in [0.3, 0.4) is 0 Å². The molecule has 17 heavy (non-hydrogen) atoms. The standard InChI is InChI=1S/C13H22N2OS/c16-13(12-9-17-6-5-14-12)15(7-10-1-2-10)8-11-3-4-11/h10-12,14H,1-9H2. The van der Waals surface area contributed by atoms with Crippen LogP contribution in [0.2, 0.25) is 0 Å². The number of rotatable bonds is 5. The number of carbonyl (C=O) groups excluding carboxylic acids is 1. The summed E-state index contributed by atoms with van der Waals surface area (Å²) in [5.41, 5.74) is 0. The van der Waals surface area contributed by atoms with E-state index in [9.17, 15) is 4.79 Å². The summed E-state index contributed by atoms with van der Waals surface area (Å²) < 4.78 is 0. The maximum Gasteiger partial charge on any atom is 0.240 e. The van der Waals surface area contributed by atoms with Crippen LogP contribution in [0.1, 0.15) is 25.7 Å². The maximum atomic E-state index is 12.5. The van der Waals surface area contributed by atoms with Gasteiger partial charge in [-0.05, 0) is 37.5 Å². The minimum Gasteiger partial charge on any atom is -0.341 e. The molecular weight excluding hydrogens is 232 g/mol. The van der Waals surface area contributed by atoms with Crippen LogP contribution in [0.5, 0.6) is 0 Å². The van der Waals surface area contributed by atoms with Crippen LogP contribution in [-0.2, 0) is 4.79 Å². The highest BCUT2D eigenvalue weighted by Crippen LogP contribution is 2.34. The molecule has 0 aromatic heterocycles. The smallest absolute Gasteiger partial charge is 0.240 e. The lowest BCUT2D eigenvalue weighted by Crippen LogP contribution is -2.51. The summed E-state index contributed by atoms with van der Waals surface area (Å²) in [5.74, 6) is 4.11. The van der Waals surface area contributed by atoms with E-state index in [1.54, 1.807) is 0 Å². The Hall–Kier alpha value is -0.220. The molecule has 3 nitrogen and oxygen atoms in total. The second-order valence-electron chi connectivity index (χ2n) is 5.71. The van der Waals surface area contributed by atoms with E-state index in [1.165, 1.54) is 25.7 Å². The van der Waals surface area contributed by atoms with Crippen molar-refractivity contribution in [3.8, 4) is 0 Å². The molecule has 1 N–H and O–H groups in total. The zero-order valence-corrected chi connectivity index (χ0v) is 11.2. The molecule has 3 fully saturated rings. The normalized spacial score (nSPS) is 29.1. The van der Waals surface area contributed by atoms with Crippen LogP contribution in [0.15, 0.2) is 0 Å². The van der Waals surface area contributed by atoms with Crippen molar-refractivity contribution < 1.29 is 4.79 Å². The Bertz CT molecular complexity index is 269. The maximum absolute atomic E-state index is 12.5. The van der Waals surface area contributed by atoms with E-state index in [1.807, 2.05) is 11.8 Å². The van der Waals surface area contributed by atoms with Crippen molar-refractivity contribution in [2.45, 2.75) is 31.7 Å². The largest absolute Gasteiger partial charge is 0.341 e. The number of nitrogens with zero attached hydrogens (tertiary/aromatic N) is 1. The molecule has 0 aromatic rings. The van der Waals surface area contributed by atoms with Crippen LogP contribution in [0.4, 0.5) is 0 Å². The molecule has 3 aliphatic rings. The van der Waals surface area contributed by atoms with E-state index >= 15 is 0 Å². The quantitative estimate of drug-likeness (QED) is 0.803. The molecule has 4 heteroatoms. The fourth-order valence-corrected chi connectivity index (χ4v) is 3.35. The minimum absolute atomic E-state index is 0.0891. The van der Waals surface area contributed by atoms with Crippen LogP contribution >= 0.6 is 11.8 Å². The van der Waals surface area contributed by atoms with Gasteiger partial charge in [0.1, 0.15) is 0 Å². The van der Waals surface area contributed by atoms with Gasteiger partial charge >= 0.3 is 0 Å². The van der Waals surface area contributed by atoms with Crippen molar-refractivity contribution >= 4 is 17.7 Å². The summed E-state index contributed by atoms with van der Waals surface area (Å²) in [6.45, 7) is 3.04. The van der Waals surface area contributed by atoms with Gasteiger partial charge in [0.05, 0.1) is 6.04 Å². The molecule has 1 saturated heterocycles. The van der Waals surface area contributed by atoms with Crippen LogP contribution in [0, 0.1) is 11.8 Å². The summed E-state index contributed by atoms with van der Waals surface area (Å²) in [5, 5.41) is 3.37. The summed E-state index contributed by atoms with van der Waals surface area (Å²) in [7, 11) is 0. The summed E-state index contributed by atoms with van der Waals surface area (Å²) in [6, 6.07) is 0.0891. The number of amides is 1. The highest BCUT2D eigenvalue weighted by Gasteiger charge is 2.34. The zero-order chi connectivity index (χ0) is 11.7. The molecule has 1 atom stereocenters. The SMILES string of the molecule is O=C(C1CSCCN1)N(CC1CC1)CC1CC1. The highest BCUT2D eigenvalue weighted by atomic mass is 32.2. The molecule has 0 aromatic carbocycles.